The van der Waals surface area contributed by atoms with Crippen LogP contribution in [0.4, 0.5) is 5.69 Å². The lowest BCUT2D eigenvalue weighted by Crippen LogP contribution is -2.53. The first-order valence-electron chi connectivity index (χ1n) is 8.29. The molecule has 4 fully saturated rings. The zero-order valence-electron chi connectivity index (χ0n) is 12.9. The van der Waals surface area contributed by atoms with Crippen LogP contribution in [0.1, 0.15) is 44.9 Å². The van der Waals surface area contributed by atoms with Gasteiger partial charge in [-0.15, -0.1) is 0 Å². The summed E-state index contributed by atoms with van der Waals surface area (Å²) in [5, 5.41) is 4.05. The molecule has 5 rings (SSSR count). The molecule has 0 saturated heterocycles. The molecule has 1 amide bonds. The largest absolute Gasteiger partial charge is 0.325 e. The molecule has 0 aromatic heterocycles. The van der Waals surface area contributed by atoms with Crippen molar-refractivity contribution in [1.29, 1.82) is 0 Å². The number of benzene rings is 1. The van der Waals surface area contributed by atoms with Crippen molar-refractivity contribution < 1.29 is 4.79 Å². The van der Waals surface area contributed by atoms with Crippen LogP contribution in [0, 0.1) is 17.3 Å². The summed E-state index contributed by atoms with van der Waals surface area (Å²) in [6, 6.07) is 5.19. The molecule has 2 nitrogen and oxygen atoms in total. The number of carbonyl (C=O) groups excluding carboxylic acids is 1. The Morgan fingerprint density at radius 3 is 2.52 bits per heavy atom. The van der Waals surface area contributed by atoms with Gasteiger partial charge < -0.3 is 5.32 Å². The fourth-order valence-electron chi connectivity index (χ4n) is 5.67. The Balaban J connectivity index is 1.48. The molecule has 5 heteroatoms. The van der Waals surface area contributed by atoms with Gasteiger partial charge in [0.1, 0.15) is 0 Å². The Morgan fingerprint density at radius 2 is 1.91 bits per heavy atom. The van der Waals surface area contributed by atoms with Crippen LogP contribution in [0.5, 0.6) is 0 Å². The average Bonchev–Trinajstić information content (AvgIpc) is 2.38. The van der Waals surface area contributed by atoms with Gasteiger partial charge in [0.15, 0.2) is 0 Å². The van der Waals surface area contributed by atoms with Crippen molar-refractivity contribution in [2.24, 2.45) is 17.3 Å². The summed E-state index contributed by atoms with van der Waals surface area (Å²) in [4.78, 5) is 12.6. The first-order chi connectivity index (χ1) is 10.8. The minimum absolute atomic E-state index is 0.0762. The molecule has 2 unspecified atom stereocenters. The minimum Gasteiger partial charge on any atom is -0.325 e. The lowest BCUT2D eigenvalue weighted by Gasteiger charge is -2.60. The van der Waals surface area contributed by atoms with E-state index in [9.17, 15) is 4.79 Å². The number of nitrogens with one attached hydrogen (secondary N) is 1. The molecule has 23 heavy (non-hydrogen) atoms. The maximum absolute atomic E-state index is 12.6. The van der Waals surface area contributed by atoms with Gasteiger partial charge in [-0.25, -0.2) is 0 Å². The standard InChI is InChI=1S/C18H20BrCl2NO/c19-18-7-11-3-12(8-18)6-17(5-11,10-18)9-16(23)22-15-2-1-13(20)4-14(15)21/h1-2,4,11-12H,3,5-10H2,(H,22,23). The molecule has 0 radical (unpaired) electrons. The summed E-state index contributed by atoms with van der Waals surface area (Å²) < 4.78 is 0.287. The van der Waals surface area contributed by atoms with Crippen LogP contribution in [0.15, 0.2) is 18.2 Å². The lowest BCUT2D eigenvalue weighted by atomic mass is 9.48. The molecule has 2 atom stereocenters. The zero-order valence-corrected chi connectivity index (χ0v) is 16.0. The van der Waals surface area contributed by atoms with Gasteiger partial charge in [-0.05, 0) is 74.0 Å². The van der Waals surface area contributed by atoms with E-state index in [1.54, 1.807) is 18.2 Å². The molecule has 0 aliphatic heterocycles. The number of rotatable bonds is 3. The summed E-state index contributed by atoms with van der Waals surface area (Å²) in [6.45, 7) is 0. The highest BCUT2D eigenvalue weighted by molar-refractivity contribution is 9.10. The van der Waals surface area contributed by atoms with Crippen LogP contribution in [-0.2, 0) is 4.79 Å². The van der Waals surface area contributed by atoms with Gasteiger partial charge in [0.2, 0.25) is 5.91 Å². The van der Waals surface area contributed by atoms with E-state index in [4.69, 9.17) is 23.2 Å². The summed E-state index contributed by atoms with van der Waals surface area (Å²) in [5.74, 6) is 1.66. The highest BCUT2D eigenvalue weighted by Gasteiger charge is 2.57. The topological polar surface area (TPSA) is 29.1 Å². The number of halogens is 3. The highest BCUT2D eigenvalue weighted by Crippen LogP contribution is 2.65. The number of anilines is 1. The maximum Gasteiger partial charge on any atom is 0.224 e. The molecule has 4 saturated carbocycles. The number of hydrogen-bond donors (Lipinski definition) is 1. The molecule has 0 heterocycles. The molecule has 1 N–H and O–H groups in total. The van der Waals surface area contributed by atoms with Crippen molar-refractivity contribution in [2.75, 3.05) is 5.32 Å². The van der Waals surface area contributed by atoms with Gasteiger partial charge in [-0.2, -0.15) is 0 Å². The van der Waals surface area contributed by atoms with Crippen molar-refractivity contribution in [3.05, 3.63) is 28.2 Å². The van der Waals surface area contributed by atoms with Crippen LogP contribution in [0.25, 0.3) is 0 Å². The molecular weight excluding hydrogens is 397 g/mol. The van der Waals surface area contributed by atoms with Crippen LogP contribution in [0.3, 0.4) is 0 Å². The van der Waals surface area contributed by atoms with Gasteiger partial charge in [0.05, 0.1) is 10.7 Å². The highest BCUT2D eigenvalue weighted by atomic mass is 79.9. The first kappa shape index (κ1) is 16.2. The average molecular weight is 417 g/mol. The summed E-state index contributed by atoms with van der Waals surface area (Å²) >= 11 is 16.1. The van der Waals surface area contributed by atoms with Crippen LogP contribution in [-0.4, -0.2) is 10.2 Å². The van der Waals surface area contributed by atoms with Crippen LogP contribution >= 0.6 is 39.1 Å². The van der Waals surface area contributed by atoms with E-state index >= 15 is 0 Å². The quantitative estimate of drug-likeness (QED) is 0.596. The Morgan fingerprint density at radius 1 is 1.22 bits per heavy atom. The van der Waals surface area contributed by atoms with E-state index in [-0.39, 0.29) is 15.6 Å². The summed E-state index contributed by atoms with van der Waals surface area (Å²) in [5.41, 5.74) is 0.829. The van der Waals surface area contributed by atoms with Crippen molar-refractivity contribution >= 4 is 50.7 Å². The van der Waals surface area contributed by atoms with Gasteiger partial charge in [0.25, 0.3) is 0 Å². The Kier molecular flexibility index (Phi) is 3.98. The third-order valence-corrected chi connectivity index (χ3v) is 7.33. The van der Waals surface area contributed by atoms with Crippen molar-refractivity contribution in [1.82, 2.24) is 0 Å². The maximum atomic E-state index is 12.6. The number of carbonyl (C=O) groups is 1. The molecule has 124 valence electrons. The molecule has 4 aliphatic rings. The van der Waals surface area contributed by atoms with E-state index in [0.29, 0.717) is 22.2 Å². The zero-order chi connectivity index (χ0) is 16.2. The number of hydrogen-bond acceptors (Lipinski definition) is 1. The first-order valence-corrected chi connectivity index (χ1v) is 9.84. The lowest BCUT2D eigenvalue weighted by molar-refractivity contribution is -0.123. The summed E-state index contributed by atoms with van der Waals surface area (Å²) in [7, 11) is 0. The number of amides is 1. The second kappa shape index (κ2) is 5.64. The van der Waals surface area contributed by atoms with Gasteiger partial charge >= 0.3 is 0 Å². The Hall–Kier alpha value is -0.250. The SMILES string of the molecule is O=C(CC12CC3CC(CC(Br)(C3)C1)C2)Nc1ccc(Cl)cc1Cl. The summed E-state index contributed by atoms with van der Waals surface area (Å²) in [6.07, 6.45) is 8.09. The normalized spacial score (nSPS) is 37.9. The van der Waals surface area contributed by atoms with Gasteiger partial charge in [0, 0.05) is 15.8 Å². The molecular formula is C18H20BrCl2NO. The van der Waals surface area contributed by atoms with E-state index < -0.39 is 0 Å². The number of alkyl halides is 1. The second-order valence-corrected chi connectivity index (χ2v) is 10.5. The van der Waals surface area contributed by atoms with Crippen molar-refractivity contribution in [3.63, 3.8) is 0 Å². The second-order valence-electron chi connectivity index (χ2n) is 7.96. The van der Waals surface area contributed by atoms with E-state index in [0.717, 1.165) is 18.3 Å². The van der Waals surface area contributed by atoms with Gasteiger partial charge in [-0.3, -0.25) is 4.79 Å². The van der Waals surface area contributed by atoms with Gasteiger partial charge in [-0.1, -0.05) is 39.1 Å². The van der Waals surface area contributed by atoms with Crippen LogP contribution < -0.4 is 5.32 Å². The molecule has 1 aromatic carbocycles. The predicted octanol–water partition coefficient (Wildman–Crippen LogP) is 6.06. The molecule has 0 spiro atoms. The molecule has 1 aromatic rings. The smallest absolute Gasteiger partial charge is 0.224 e. The van der Waals surface area contributed by atoms with Crippen molar-refractivity contribution in [3.8, 4) is 0 Å². The van der Waals surface area contributed by atoms with E-state index in [1.807, 2.05) is 0 Å². The Bertz CT molecular complexity index is 648. The monoisotopic (exact) mass is 415 g/mol. The van der Waals surface area contributed by atoms with E-state index in [1.165, 1.54) is 32.1 Å². The fourth-order valence-corrected chi connectivity index (χ4v) is 7.63. The minimum atomic E-state index is 0.0762. The van der Waals surface area contributed by atoms with Crippen LogP contribution in [0.2, 0.25) is 10.0 Å². The predicted molar refractivity (Wildman–Crippen MR) is 98.5 cm³/mol. The Labute approximate surface area is 155 Å². The molecule has 4 aliphatic carbocycles. The molecule has 4 bridgehead atoms. The fraction of sp³-hybridized carbons (Fsp3) is 0.611. The third kappa shape index (κ3) is 3.17. The van der Waals surface area contributed by atoms with E-state index in [2.05, 4.69) is 21.2 Å². The van der Waals surface area contributed by atoms with Crippen molar-refractivity contribution in [2.45, 2.75) is 49.3 Å². The third-order valence-electron chi connectivity index (χ3n) is 5.85.